The monoisotopic (exact) mass is 212 g/mol. The number of halogens is 3. The highest BCUT2D eigenvalue weighted by Crippen LogP contribution is 2.21. The fourth-order valence-corrected chi connectivity index (χ4v) is 0.839. The fourth-order valence-electron chi connectivity index (χ4n) is 0.839. The first-order valence-corrected chi connectivity index (χ1v) is 4.22. The number of nitrogens with zero attached hydrogens (tertiary/aromatic N) is 1. The molecule has 0 aromatic carbocycles. The van der Waals surface area contributed by atoms with E-state index in [0.717, 1.165) is 0 Å². The van der Waals surface area contributed by atoms with Gasteiger partial charge in [-0.1, -0.05) is 0 Å². The third-order valence-electron chi connectivity index (χ3n) is 1.64. The van der Waals surface area contributed by atoms with Gasteiger partial charge in [-0.05, 0) is 6.92 Å². The maximum Gasteiger partial charge on any atom is 0.390 e. The fraction of sp³-hybridized carbons (Fsp3) is 0.875. The number of carbonyl (C=O) groups excluding carboxylic acids is 1. The van der Waals surface area contributed by atoms with E-state index in [9.17, 15) is 18.0 Å². The van der Waals surface area contributed by atoms with Crippen LogP contribution in [0.3, 0.4) is 0 Å². The Bertz CT molecular complexity index is 192. The molecular formula is C8H15F3N2O. The topological polar surface area (TPSA) is 32.3 Å². The molecule has 1 unspecified atom stereocenters. The summed E-state index contributed by atoms with van der Waals surface area (Å²) in [5.74, 6) is -0.237. The van der Waals surface area contributed by atoms with Crippen molar-refractivity contribution < 1.29 is 18.0 Å². The number of hydrogen-bond acceptors (Lipinski definition) is 2. The van der Waals surface area contributed by atoms with Gasteiger partial charge in [-0.25, -0.2) is 0 Å². The highest BCUT2D eigenvalue weighted by atomic mass is 19.4. The van der Waals surface area contributed by atoms with Crippen LogP contribution >= 0.6 is 0 Å². The quantitative estimate of drug-likeness (QED) is 0.754. The van der Waals surface area contributed by atoms with Gasteiger partial charge in [0.2, 0.25) is 5.91 Å². The molecule has 0 aromatic rings. The molecule has 0 spiro atoms. The molecule has 0 aliphatic rings. The summed E-state index contributed by atoms with van der Waals surface area (Å²) in [6.07, 6.45) is -5.11. The number of alkyl halides is 3. The molecule has 14 heavy (non-hydrogen) atoms. The molecule has 0 heterocycles. The number of nitrogens with one attached hydrogen (secondary N) is 1. The number of likely N-dealkylation sites (N-methyl/N-ethyl adjacent to an activating group) is 1. The first-order valence-electron chi connectivity index (χ1n) is 4.22. The van der Waals surface area contributed by atoms with E-state index in [1.807, 2.05) is 0 Å². The molecule has 0 aliphatic heterocycles. The second-order valence-corrected chi connectivity index (χ2v) is 3.39. The Morgan fingerprint density at radius 1 is 1.43 bits per heavy atom. The van der Waals surface area contributed by atoms with Crippen LogP contribution in [-0.4, -0.2) is 43.7 Å². The predicted octanol–water partition coefficient (Wildman–Crippen LogP) is 1.01. The van der Waals surface area contributed by atoms with Crippen LogP contribution in [0.4, 0.5) is 13.2 Å². The third kappa shape index (κ3) is 6.71. The lowest BCUT2D eigenvalue weighted by atomic mass is 10.2. The van der Waals surface area contributed by atoms with E-state index in [-0.39, 0.29) is 12.5 Å². The summed E-state index contributed by atoms with van der Waals surface area (Å²) in [5.41, 5.74) is 0. The maximum atomic E-state index is 11.9. The van der Waals surface area contributed by atoms with E-state index in [0.29, 0.717) is 0 Å². The summed E-state index contributed by atoms with van der Waals surface area (Å²) in [6, 6.07) is -0.737. The van der Waals surface area contributed by atoms with Gasteiger partial charge in [-0.2, -0.15) is 13.2 Å². The van der Waals surface area contributed by atoms with E-state index >= 15 is 0 Å². The maximum absolute atomic E-state index is 11.9. The summed E-state index contributed by atoms with van der Waals surface area (Å²) in [7, 11) is 3.11. The molecule has 0 rings (SSSR count). The van der Waals surface area contributed by atoms with Crippen molar-refractivity contribution in [1.82, 2.24) is 10.2 Å². The summed E-state index contributed by atoms with van der Waals surface area (Å²) < 4.78 is 35.6. The van der Waals surface area contributed by atoms with Crippen LogP contribution in [0.1, 0.15) is 13.3 Å². The van der Waals surface area contributed by atoms with Crippen LogP contribution in [0.25, 0.3) is 0 Å². The molecule has 0 aromatic heterocycles. The average molecular weight is 212 g/mol. The SMILES string of the molecule is CC(CC(F)(F)F)NCC(=O)N(C)C. The first kappa shape index (κ1) is 13.2. The second kappa shape index (κ2) is 5.19. The number of amides is 1. The van der Waals surface area contributed by atoms with Gasteiger partial charge in [-0.3, -0.25) is 4.79 Å². The number of rotatable bonds is 4. The molecule has 1 atom stereocenters. The smallest absolute Gasteiger partial charge is 0.348 e. The minimum atomic E-state index is -4.19. The average Bonchev–Trinajstić information content (AvgIpc) is 1.96. The van der Waals surface area contributed by atoms with Crippen molar-refractivity contribution in [3.8, 4) is 0 Å². The van der Waals surface area contributed by atoms with Crippen molar-refractivity contribution in [1.29, 1.82) is 0 Å². The molecule has 1 amide bonds. The Kier molecular flexibility index (Phi) is 4.90. The molecule has 0 bridgehead atoms. The van der Waals surface area contributed by atoms with Gasteiger partial charge in [0.05, 0.1) is 13.0 Å². The Hall–Kier alpha value is -0.780. The Morgan fingerprint density at radius 2 is 1.93 bits per heavy atom. The van der Waals surface area contributed by atoms with Crippen molar-refractivity contribution in [3.63, 3.8) is 0 Å². The van der Waals surface area contributed by atoms with Gasteiger partial charge in [0.15, 0.2) is 0 Å². The normalized spacial score (nSPS) is 13.9. The molecule has 6 heteroatoms. The van der Waals surface area contributed by atoms with E-state index in [1.54, 1.807) is 14.1 Å². The molecule has 1 N–H and O–H groups in total. The minimum absolute atomic E-state index is 0.0652. The minimum Gasteiger partial charge on any atom is -0.348 e. The lowest BCUT2D eigenvalue weighted by molar-refractivity contribution is -0.140. The van der Waals surface area contributed by atoms with Gasteiger partial charge in [0.25, 0.3) is 0 Å². The van der Waals surface area contributed by atoms with E-state index in [2.05, 4.69) is 5.32 Å². The van der Waals surface area contributed by atoms with Crippen LogP contribution in [0.15, 0.2) is 0 Å². The highest BCUT2D eigenvalue weighted by molar-refractivity contribution is 5.77. The molecule has 0 fully saturated rings. The molecule has 0 saturated carbocycles. The number of carbonyl (C=O) groups is 1. The lowest BCUT2D eigenvalue weighted by Crippen LogP contribution is -2.39. The Balaban J connectivity index is 3.75. The van der Waals surface area contributed by atoms with Gasteiger partial charge < -0.3 is 10.2 Å². The molecule has 0 radical (unpaired) electrons. The highest BCUT2D eigenvalue weighted by Gasteiger charge is 2.29. The molecule has 3 nitrogen and oxygen atoms in total. The zero-order valence-corrected chi connectivity index (χ0v) is 8.48. The lowest BCUT2D eigenvalue weighted by Gasteiger charge is -2.17. The van der Waals surface area contributed by atoms with Crippen molar-refractivity contribution in [3.05, 3.63) is 0 Å². The predicted molar refractivity (Wildman–Crippen MR) is 46.8 cm³/mol. The van der Waals surface area contributed by atoms with Crippen LogP contribution < -0.4 is 5.32 Å². The zero-order valence-electron chi connectivity index (χ0n) is 8.48. The third-order valence-corrected chi connectivity index (χ3v) is 1.64. The van der Waals surface area contributed by atoms with Crippen molar-refractivity contribution >= 4 is 5.91 Å². The summed E-state index contributed by atoms with van der Waals surface area (Å²) in [4.78, 5) is 12.3. The number of hydrogen-bond donors (Lipinski definition) is 1. The summed E-state index contributed by atoms with van der Waals surface area (Å²) >= 11 is 0. The Labute approximate surface area is 81.3 Å². The van der Waals surface area contributed by atoms with Gasteiger partial charge in [0, 0.05) is 20.1 Å². The van der Waals surface area contributed by atoms with Gasteiger partial charge in [0.1, 0.15) is 0 Å². The second-order valence-electron chi connectivity index (χ2n) is 3.39. The molecule has 84 valence electrons. The van der Waals surface area contributed by atoms with Gasteiger partial charge in [-0.15, -0.1) is 0 Å². The van der Waals surface area contributed by atoms with E-state index in [4.69, 9.17) is 0 Å². The zero-order chi connectivity index (χ0) is 11.4. The Morgan fingerprint density at radius 3 is 2.29 bits per heavy atom. The summed E-state index contributed by atoms with van der Waals surface area (Å²) in [6.45, 7) is 1.33. The molecule has 0 aliphatic carbocycles. The molecular weight excluding hydrogens is 197 g/mol. The van der Waals surface area contributed by atoms with Crippen LogP contribution in [0.2, 0.25) is 0 Å². The van der Waals surface area contributed by atoms with E-state index < -0.39 is 18.6 Å². The standard InChI is InChI=1S/C8H15F3N2O/c1-6(4-8(9,10)11)12-5-7(14)13(2)3/h6,12H,4-5H2,1-3H3. The molecule has 0 saturated heterocycles. The van der Waals surface area contributed by atoms with Crippen molar-refractivity contribution in [2.24, 2.45) is 0 Å². The van der Waals surface area contributed by atoms with Gasteiger partial charge >= 0.3 is 6.18 Å². The largest absolute Gasteiger partial charge is 0.390 e. The first-order chi connectivity index (χ1) is 6.22. The van der Waals surface area contributed by atoms with E-state index in [1.165, 1.54) is 11.8 Å². The van der Waals surface area contributed by atoms with Crippen LogP contribution in [0.5, 0.6) is 0 Å². The van der Waals surface area contributed by atoms with Crippen molar-refractivity contribution in [2.75, 3.05) is 20.6 Å². The van der Waals surface area contributed by atoms with Crippen LogP contribution in [-0.2, 0) is 4.79 Å². The van der Waals surface area contributed by atoms with Crippen LogP contribution in [0, 0.1) is 0 Å². The summed E-state index contributed by atoms with van der Waals surface area (Å²) in [5, 5.41) is 2.51. The van der Waals surface area contributed by atoms with Crippen molar-refractivity contribution in [2.45, 2.75) is 25.6 Å².